The first-order chi connectivity index (χ1) is 9.69. The Morgan fingerprint density at radius 1 is 1.15 bits per heavy atom. The van der Waals surface area contributed by atoms with Crippen LogP contribution in [0.1, 0.15) is 25.8 Å². The molecule has 0 aliphatic carbocycles. The molecule has 20 heavy (non-hydrogen) atoms. The molecular formula is C16H27NO3. The van der Waals surface area contributed by atoms with Crippen LogP contribution in [-0.2, 0) is 11.3 Å². The molecule has 0 atom stereocenters. The minimum atomic E-state index is 0.537. The maximum Gasteiger partial charge on any atom is 0.165 e. The van der Waals surface area contributed by atoms with Gasteiger partial charge in [0, 0.05) is 18.7 Å². The second kappa shape index (κ2) is 9.61. The molecule has 1 N–H and O–H groups in total. The Kier molecular flexibility index (Phi) is 8.07. The monoisotopic (exact) mass is 281 g/mol. The average molecular weight is 281 g/mol. The highest BCUT2D eigenvalue weighted by molar-refractivity contribution is 5.46. The number of benzene rings is 1. The summed E-state index contributed by atoms with van der Waals surface area (Å²) in [6.45, 7) is 7.06. The summed E-state index contributed by atoms with van der Waals surface area (Å²) in [7, 11) is 3.57. The lowest BCUT2D eigenvalue weighted by molar-refractivity contribution is 0.0913. The van der Waals surface area contributed by atoms with Gasteiger partial charge in [-0.05, 0) is 25.5 Å². The zero-order valence-electron chi connectivity index (χ0n) is 13.1. The third kappa shape index (κ3) is 5.80. The van der Waals surface area contributed by atoms with Gasteiger partial charge in [0.1, 0.15) is 6.61 Å². The van der Waals surface area contributed by atoms with Crippen molar-refractivity contribution >= 4 is 0 Å². The lowest BCUT2D eigenvalue weighted by Gasteiger charge is -2.15. The molecule has 0 radical (unpaired) electrons. The van der Waals surface area contributed by atoms with E-state index in [0.29, 0.717) is 19.1 Å². The largest absolute Gasteiger partial charge is 0.493 e. The molecule has 1 rings (SSSR count). The van der Waals surface area contributed by atoms with Crippen LogP contribution in [0, 0.1) is 5.92 Å². The predicted octanol–water partition coefficient (Wildman–Crippen LogP) is 2.86. The van der Waals surface area contributed by atoms with Crippen LogP contribution in [0.5, 0.6) is 11.5 Å². The Labute approximate surface area is 122 Å². The zero-order valence-corrected chi connectivity index (χ0v) is 13.1. The summed E-state index contributed by atoms with van der Waals surface area (Å²) in [5, 5.41) is 3.13. The van der Waals surface area contributed by atoms with Gasteiger partial charge in [0.05, 0.1) is 13.7 Å². The average Bonchev–Trinajstić information content (AvgIpc) is 2.43. The fourth-order valence-electron chi connectivity index (χ4n) is 1.84. The first-order valence-electron chi connectivity index (χ1n) is 7.20. The van der Waals surface area contributed by atoms with Gasteiger partial charge in [-0.2, -0.15) is 0 Å². The van der Waals surface area contributed by atoms with E-state index in [0.717, 1.165) is 36.6 Å². The molecule has 1 aromatic carbocycles. The molecule has 0 saturated carbocycles. The van der Waals surface area contributed by atoms with Crippen molar-refractivity contribution in [3.8, 4) is 11.5 Å². The number of para-hydroxylation sites is 1. The number of nitrogens with one attached hydrogen (secondary N) is 1. The number of hydrogen-bond donors (Lipinski definition) is 1. The first-order valence-corrected chi connectivity index (χ1v) is 7.20. The molecule has 0 amide bonds. The Morgan fingerprint density at radius 2 is 1.95 bits per heavy atom. The van der Waals surface area contributed by atoms with Crippen molar-refractivity contribution < 1.29 is 14.2 Å². The van der Waals surface area contributed by atoms with E-state index < -0.39 is 0 Å². The van der Waals surface area contributed by atoms with E-state index in [4.69, 9.17) is 14.2 Å². The minimum absolute atomic E-state index is 0.537. The fourth-order valence-corrected chi connectivity index (χ4v) is 1.84. The van der Waals surface area contributed by atoms with Crippen LogP contribution in [0.2, 0.25) is 0 Å². The van der Waals surface area contributed by atoms with Gasteiger partial charge >= 0.3 is 0 Å². The molecular weight excluding hydrogens is 254 g/mol. The van der Waals surface area contributed by atoms with Crippen LogP contribution >= 0.6 is 0 Å². The maximum absolute atomic E-state index is 5.83. The van der Waals surface area contributed by atoms with Crippen molar-refractivity contribution in [1.82, 2.24) is 5.32 Å². The van der Waals surface area contributed by atoms with E-state index in [1.807, 2.05) is 25.2 Å². The number of hydrogen-bond acceptors (Lipinski definition) is 4. The molecule has 114 valence electrons. The smallest absolute Gasteiger partial charge is 0.165 e. The van der Waals surface area contributed by atoms with Crippen molar-refractivity contribution in [2.45, 2.75) is 26.8 Å². The normalized spacial score (nSPS) is 10.8. The standard InChI is InChI=1S/C16H27NO3/c1-13(2)8-9-19-10-11-20-16-14(12-17-3)6-5-7-15(16)18-4/h5-7,13,17H,8-12H2,1-4H3. The van der Waals surface area contributed by atoms with Crippen LogP contribution < -0.4 is 14.8 Å². The van der Waals surface area contributed by atoms with Crippen molar-refractivity contribution in [2.75, 3.05) is 34.0 Å². The van der Waals surface area contributed by atoms with Crippen molar-refractivity contribution in [2.24, 2.45) is 5.92 Å². The Morgan fingerprint density at radius 3 is 2.60 bits per heavy atom. The highest BCUT2D eigenvalue weighted by atomic mass is 16.5. The SMILES string of the molecule is CNCc1cccc(OC)c1OCCOCCC(C)C. The second-order valence-electron chi connectivity index (χ2n) is 5.12. The molecule has 0 aliphatic rings. The molecule has 0 unspecified atom stereocenters. The van der Waals surface area contributed by atoms with Crippen LogP contribution in [0.25, 0.3) is 0 Å². The summed E-state index contributed by atoms with van der Waals surface area (Å²) >= 11 is 0. The van der Waals surface area contributed by atoms with Gasteiger partial charge in [0.25, 0.3) is 0 Å². The van der Waals surface area contributed by atoms with Crippen molar-refractivity contribution in [3.63, 3.8) is 0 Å². The number of ether oxygens (including phenoxy) is 3. The Balaban J connectivity index is 2.45. The van der Waals surface area contributed by atoms with Gasteiger partial charge in [-0.3, -0.25) is 0 Å². The quantitative estimate of drug-likeness (QED) is 0.669. The minimum Gasteiger partial charge on any atom is -0.493 e. The maximum atomic E-state index is 5.83. The summed E-state index contributed by atoms with van der Waals surface area (Å²) < 4.78 is 16.7. The molecule has 4 nitrogen and oxygen atoms in total. The van der Waals surface area contributed by atoms with Gasteiger partial charge in [-0.15, -0.1) is 0 Å². The Bertz CT molecular complexity index is 380. The van der Waals surface area contributed by atoms with E-state index >= 15 is 0 Å². The summed E-state index contributed by atoms with van der Waals surface area (Å²) in [5.74, 6) is 2.24. The molecule has 0 spiro atoms. The van der Waals surface area contributed by atoms with E-state index in [1.165, 1.54) is 0 Å². The summed E-state index contributed by atoms with van der Waals surface area (Å²) in [6.07, 6.45) is 1.08. The van der Waals surface area contributed by atoms with Gasteiger partial charge in [0.2, 0.25) is 0 Å². The molecule has 0 saturated heterocycles. The van der Waals surface area contributed by atoms with Crippen LogP contribution in [-0.4, -0.2) is 34.0 Å². The van der Waals surface area contributed by atoms with E-state index in [1.54, 1.807) is 7.11 Å². The van der Waals surface area contributed by atoms with E-state index in [-0.39, 0.29) is 0 Å². The second-order valence-corrected chi connectivity index (χ2v) is 5.12. The summed E-state index contributed by atoms with van der Waals surface area (Å²) in [5.41, 5.74) is 1.09. The van der Waals surface area contributed by atoms with Crippen molar-refractivity contribution in [1.29, 1.82) is 0 Å². The molecule has 4 heteroatoms. The highest BCUT2D eigenvalue weighted by Gasteiger charge is 2.09. The van der Waals surface area contributed by atoms with Crippen LogP contribution in [0.15, 0.2) is 18.2 Å². The predicted molar refractivity (Wildman–Crippen MR) is 81.5 cm³/mol. The van der Waals surface area contributed by atoms with Gasteiger partial charge in [-0.1, -0.05) is 26.0 Å². The first kappa shape index (κ1) is 16.8. The lowest BCUT2D eigenvalue weighted by atomic mass is 10.1. The molecule has 0 heterocycles. The summed E-state index contributed by atoms with van der Waals surface area (Å²) in [6, 6.07) is 5.92. The van der Waals surface area contributed by atoms with Gasteiger partial charge in [0.15, 0.2) is 11.5 Å². The number of rotatable bonds is 10. The van der Waals surface area contributed by atoms with Crippen molar-refractivity contribution in [3.05, 3.63) is 23.8 Å². The van der Waals surface area contributed by atoms with Gasteiger partial charge < -0.3 is 19.5 Å². The lowest BCUT2D eigenvalue weighted by Crippen LogP contribution is -2.12. The third-order valence-electron chi connectivity index (χ3n) is 2.96. The molecule has 0 aromatic heterocycles. The Hall–Kier alpha value is -1.26. The van der Waals surface area contributed by atoms with Crippen LogP contribution in [0.3, 0.4) is 0 Å². The highest BCUT2D eigenvalue weighted by Crippen LogP contribution is 2.30. The third-order valence-corrected chi connectivity index (χ3v) is 2.96. The molecule has 0 fully saturated rings. The fraction of sp³-hybridized carbons (Fsp3) is 0.625. The summed E-state index contributed by atoms with van der Waals surface area (Å²) in [4.78, 5) is 0. The van der Waals surface area contributed by atoms with E-state index in [9.17, 15) is 0 Å². The van der Waals surface area contributed by atoms with Crippen LogP contribution in [0.4, 0.5) is 0 Å². The zero-order chi connectivity index (χ0) is 14.8. The topological polar surface area (TPSA) is 39.7 Å². The van der Waals surface area contributed by atoms with E-state index in [2.05, 4.69) is 19.2 Å². The number of methoxy groups -OCH3 is 1. The van der Waals surface area contributed by atoms with Gasteiger partial charge in [-0.25, -0.2) is 0 Å². The molecule has 0 aliphatic heterocycles. The molecule has 1 aromatic rings. The molecule has 0 bridgehead atoms.